The molecule has 0 atom stereocenters. The number of hydrogen-bond acceptors (Lipinski definition) is 4. The van der Waals surface area contributed by atoms with Crippen molar-refractivity contribution in [1.29, 1.82) is 0 Å². The molecule has 1 heterocycles. The average molecular weight is 197 g/mol. The van der Waals surface area contributed by atoms with Crippen LogP contribution in [0.2, 0.25) is 0 Å². The molecule has 1 amide bonds. The normalized spacial score (nSPS) is 10.1. The van der Waals surface area contributed by atoms with E-state index in [4.69, 9.17) is 4.52 Å². The molecule has 78 valence electrons. The van der Waals surface area contributed by atoms with Gasteiger partial charge in [-0.3, -0.25) is 4.79 Å². The van der Waals surface area contributed by atoms with Crippen molar-refractivity contribution in [3.63, 3.8) is 0 Å². The van der Waals surface area contributed by atoms with Crippen LogP contribution in [0, 0.1) is 0 Å². The van der Waals surface area contributed by atoms with Crippen molar-refractivity contribution in [2.24, 2.45) is 0 Å². The van der Waals surface area contributed by atoms with Gasteiger partial charge < -0.3 is 14.7 Å². The highest BCUT2D eigenvalue weighted by Gasteiger charge is 2.14. The first-order valence-electron chi connectivity index (χ1n) is 4.56. The van der Waals surface area contributed by atoms with Crippen molar-refractivity contribution in [2.75, 3.05) is 27.2 Å². The van der Waals surface area contributed by atoms with E-state index in [1.807, 2.05) is 7.05 Å². The minimum Gasteiger partial charge on any atom is -0.351 e. The van der Waals surface area contributed by atoms with E-state index >= 15 is 0 Å². The molecule has 14 heavy (non-hydrogen) atoms. The molecule has 5 nitrogen and oxygen atoms in total. The molecule has 0 saturated heterocycles. The van der Waals surface area contributed by atoms with Gasteiger partial charge in [-0.2, -0.15) is 0 Å². The number of nitrogens with one attached hydrogen (secondary N) is 1. The lowest BCUT2D eigenvalue weighted by Crippen LogP contribution is -2.29. The van der Waals surface area contributed by atoms with Crippen LogP contribution >= 0.6 is 0 Å². The monoisotopic (exact) mass is 197 g/mol. The molecule has 0 aliphatic rings. The lowest BCUT2D eigenvalue weighted by Gasteiger charge is -2.14. The summed E-state index contributed by atoms with van der Waals surface area (Å²) < 4.78 is 4.77. The van der Waals surface area contributed by atoms with Crippen molar-refractivity contribution < 1.29 is 9.32 Å². The van der Waals surface area contributed by atoms with Gasteiger partial charge in [0.1, 0.15) is 0 Å². The molecule has 1 rings (SSSR count). The maximum absolute atomic E-state index is 11.6. The fourth-order valence-corrected chi connectivity index (χ4v) is 1.11. The fraction of sp³-hybridized carbons (Fsp3) is 0.556. The van der Waals surface area contributed by atoms with Gasteiger partial charge >= 0.3 is 0 Å². The third-order valence-electron chi connectivity index (χ3n) is 1.92. The first kappa shape index (κ1) is 10.7. The Morgan fingerprint density at radius 2 is 2.50 bits per heavy atom. The lowest BCUT2D eigenvalue weighted by molar-refractivity contribution is 0.0752. The number of amides is 1. The molecular weight excluding hydrogens is 182 g/mol. The Kier molecular flexibility index (Phi) is 4.12. The quantitative estimate of drug-likeness (QED) is 0.692. The third kappa shape index (κ3) is 2.85. The van der Waals surface area contributed by atoms with E-state index in [0.29, 0.717) is 6.54 Å². The molecule has 5 heteroatoms. The van der Waals surface area contributed by atoms with Crippen LogP contribution in [0.3, 0.4) is 0 Å². The number of rotatable bonds is 5. The second-order valence-corrected chi connectivity index (χ2v) is 3.06. The highest BCUT2D eigenvalue weighted by molar-refractivity contribution is 5.91. The number of hydrogen-bond donors (Lipinski definition) is 1. The lowest BCUT2D eigenvalue weighted by atomic mass is 10.3. The van der Waals surface area contributed by atoms with Crippen LogP contribution in [-0.2, 0) is 0 Å². The Morgan fingerprint density at radius 3 is 3.07 bits per heavy atom. The summed E-state index contributed by atoms with van der Waals surface area (Å²) in [6.45, 7) is 1.61. The zero-order chi connectivity index (χ0) is 10.4. The van der Waals surface area contributed by atoms with Crippen molar-refractivity contribution in [2.45, 2.75) is 6.42 Å². The van der Waals surface area contributed by atoms with Crippen molar-refractivity contribution >= 4 is 5.91 Å². The summed E-state index contributed by atoms with van der Waals surface area (Å²) in [6, 6.07) is 1.57. The summed E-state index contributed by atoms with van der Waals surface area (Å²) in [6.07, 6.45) is 2.39. The topological polar surface area (TPSA) is 58.4 Å². The number of nitrogens with zero attached hydrogens (tertiary/aromatic N) is 2. The van der Waals surface area contributed by atoms with E-state index in [2.05, 4.69) is 10.5 Å². The van der Waals surface area contributed by atoms with Gasteiger partial charge in [-0.15, -0.1) is 0 Å². The molecule has 0 radical (unpaired) electrons. The minimum atomic E-state index is -0.126. The molecule has 0 aliphatic carbocycles. The summed E-state index contributed by atoms with van der Waals surface area (Å²) in [5.74, 6) is 0.163. The molecule has 1 N–H and O–H groups in total. The van der Waals surface area contributed by atoms with E-state index in [9.17, 15) is 4.79 Å². The van der Waals surface area contributed by atoms with Crippen LogP contribution in [0.15, 0.2) is 16.8 Å². The molecule has 1 aromatic heterocycles. The van der Waals surface area contributed by atoms with Crippen molar-refractivity contribution in [3.05, 3.63) is 18.0 Å². The molecule has 0 unspecified atom stereocenters. The number of carbonyl (C=O) groups is 1. The van der Waals surface area contributed by atoms with E-state index < -0.39 is 0 Å². The zero-order valence-electron chi connectivity index (χ0n) is 8.49. The molecule has 0 aromatic carbocycles. The van der Waals surface area contributed by atoms with Crippen LogP contribution in [0.4, 0.5) is 0 Å². The Bertz CT molecular complexity index is 272. The van der Waals surface area contributed by atoms with Crippen LogP contribution < -0.4 is 5.32 Å². The van der Waals surface area contributed by atoms with E-state index in [0.717, 1.165) is 13.0 Å². The van der Waals surface area contributed by atoms with Gasteiger partial charge in [0.05, 0.1) is 6.20 Å². The van der Waals surface area contributed by atoms with E-state index in [-0.39, 0.29) is 11.7 Å². The number of carbonyl (C=O) groups excluding carboxylic acids is 1. The Morgan fingerprint density at radius 1 is 1.71 bits per heavy atom. The van der Waals surface area contributed by atoms with Crippen LogP contribution in [0.5, 0.6) is 0 Å². The molecular formula is C9H15N3O2. The summed E-state index contributed by atoms with van der Waals surface area (Å²) >= 11 is 0. The van der Waals surface area contributed by atoms with Crippen LogP contribution in [0.1, 0.15) is 17.0 Å². The second-order valence-electron chi connectivity index (χ2n) is 3.06. The standard InChI is InChI=1S/C9H15N3O2/c1-10-5-3-7-12(2)9(13)8-4-6-11-14-8/h4,6,10H,3,5,7H2,1-2H3. The zero-order valence-corrected chi connectivity index (χ0v) is 8.49. The summed E-state index contributed by atoms with van der Waals surface area (Å²) in [7, 11) is 3.64. The Balaban J connectivity index is 2.37. The first-order valence-corrected chi connectivity index (χ1v) is 4.56. The molecule has 0 aliphatic heterocycles. The summed E-state index contributed by atoms with van der Waals surface area (Å²) in [5, 5.41) is 6.51. The molecule has 0 fully saturated rings. The smallest absolute Gasteiger partial charge is 0.292 e. The predicted molar refractivity (Wildman–Crippen MR) is 52.0 cm³/mol. The summed E-state index contributed by atoms with van der Waals surface area (Å²) in [5.41, 5.74) is 0. The Hall–Kier alpha value is -1.36. The molecule has 0 bridgehead atoms. The molecule has 1 aromatic rings. The SMILES string of the molecule is CNCCCN(C)C(=O)c1ccno1. The van der Waals surface area contributed by atoms with Gasteiger partial charge in [0, 0.05) is 19.7 Å². The third-order valence-corrected chi connectivity index (χ3v) is 1.92. The van der Waals surface area contributed by atoms with E-state index in [1.165, 1.54) is 6.20 Å². The maximum Gasteiger partial charge on any atom is 0.292 e. The summed E-state index contributed by atoms with van der Waals surface area (Å²) in [4.78, 5) is 13.2. The minimum absolute atomic E-state index is 0.126. The highest BCUT2D eigenvalue weighted by atomic mass is 16.5. The predicted octanol–water partition coefficient (Wildman–Crippen LogP) is 0.356. The Labute approximate surface area is 83.1 Å². The van der Waals surface area contributed by atoms with Gasteiger partial charge in [0.2, 0.25) is 5.76 Å². The van der Waals surface area contributed by atoms with E-state index in [1.54, 1.807) is 18.0 Å². The van der Waals surface area contributed by atoms with Crippen molar-refractivity contribution in [3.8, 4) is 0 Å². The van der Waals surface area contributed by atoms with Gasteiger partial charge in [-0.05, 0) is 20.0 Å². The van der Waals surface area contributed by atoms with Crippen molar-refractivity contribution in [1.82, 2.24) is 15.4 Å². The second kappa shape index (κ2) is 5.39. The maximum atomic E-state index is 11.6. The van der Waals surface area contributed by atoms with Gasteiger partial charge in [0.15, 0.2) is 0 Å². The first-order chi connectivity index (χ1) is 6.75. The molecule has 0 spiro atoms. The van der Waals surface area contributed by atoms with Gasteiger partial charge in [-0.1, -0.05) is 5.16 Å². The number of aromatic nitrogens is 1. The van der Waals surface area contributed by atoms with Crippen LogP contribution in [-0.4, -0.2) is 43.1 Å². The largest absolute Gasteiger partial charge is 0.351 e. The van der Waals surface area contributed by atoms with Crippen LogP contribution in [0.25, 0.3) is 0 Å². The highest BCUT2D eigenvalue weighted by Crippen LogP contribution is 2.01. The fourth-order valence-electron chi connectivity index (χ4n) is 1.11. The van der Waals surface area contributed by atoms with Gasteiger partial charge in [0.25, 0.3) is 5.91 Å². The average Bonchev–Trinajstić information content (AvgIpc) is 2.69. The van der Waals surface area contributed by atoms with Gasteiger partial charge in [-0.25, -0.2) is 0 Å². The molecule has 0 saturated carbocycles.